The SMILES string of the molecule is COc1ccc([N+](=O)[O-])cc1NS(=O)(=O)c1cccc(C(=O)NCCc2ccccc2C)c1. The molecule has 33 heavy (non-hydrogen) atoms. The molecular formula is C23H23N3O6S. The summed E-state index contributed by atoms with van der Waals surface area (Å²) in [5.74, 6) is -0.289. The number of nitrogens with one attached hydrogen (secondary N) is 2. The minimum absolute atomic E-state index is 0.0835. The highest BCUT2D eigenvalue weighted by Gasteiger charge is 2.20. The number of non-ortho nitro benzene ring substituents is 1. The zero-order chi connectivity index (χ0) is 24.0. The van der Waals surface area contributed by atoms with Gasteiger partial charge in [0.2, 0.25) is 0 Å². The van der Waals surface area contributed by atoms with E-state index < -0.39 is 20.9 Å². The second-order valence-electron chi connectivity index (χ2n) is 7.21. The molecule has 0 saturated carbocycles. The van der Waals surface area contributed by atoms with Crippen LogP contribution in [0, 0.1) is 17.0 Å². The fourth-order valence-electron chi connectivity index (χ4n) is 3.20. The highest BCUT2D eigenvalue weighted by atomic mass is 32.2. The van der Waals surface area contributed by atoms with E-state index in [1.54, 1.807) is 0 Å². The minimum Gasteiger partial charge on any atom is -0.495 e. The lowest BCUT2D eigenvalue weighted by molar-refractivity contribution is -0.384. The van der Waals surface area contributed by atoms with E-state index in [9.17, 15) is 23.3 Å². The van der Waals surface area contributed by atoms with Gasteiger partial charge in [0.15, 0.2) is 0 Å². The molecule has 0 aliphatic rings. The molecule has 0 saturated heterocycles. The van der Waals surface area contributed by atoms with E-state index in [0.29, 0.717) is 13.0 Å². The fraction of sp³-hybridized carbons (Fsp3) is 0.174. The van der Waals surface area contributed by atoms with E-state index in [2.05, 4.69) is 10.0 Å². The van der Waals surface area contributed by atoms with Crippen LogP contribution in [0.1, 0.15) is 21.5 Å². The van der Waals surface area contributed by atoms with Crippen molar-refractivity contribution in [1.29, 1.82) is 0 Å². The lowest BCUT2D eigenvalue weighted by Gasteiger charge is -2.12. The van der Waals surface area contributed by atoms with Gasteiger partial charge in [-0.25, -0.2) is 8.42 Å². The molecule has 0 fully saturated rings. The molecule has 0 aromatic heterocycles. The number of ether oxygens (including phenoxy) is 1. The van der Waals surface area contributed by atoms with Crippen molar-refractivity contribution in [3.63, 3.8) is 0 Å². The maximum Gasteiger partial charge on any atom is 0.271 e. The number of benzene rings is 3. The first-order chi connectivity index (χ1) is 15.7. The number of anilines is 1. The van der Waals surface area contributed by atoms with Crippen LogP contribution in [0.5, 0.6) is 5.75 Å². The number of amides is 1. The summed E-state index contributed by atoms with van der Waals surface area (Å²) in [6.07, 6.45) is 0.643. The van der Waals surface area contributed by atoms with Crippen LogP contribution in [0.15, 0.2) is 71.6 Å². The standard InChI is InChI=1S/C23H23N3O6S/c1-16-6-3-4-7-17(16)12-13-24-23(27)18-8-5-9-20(14-18)33(30,31)25-21-15-19(26(28)29)10-11-22(21)32-2/h3-11,14-15,25H,12-13H2,1-2H3,(H,24,27). The Morgan fingerprint density at radius 3 is 2.52 bits per heavy atom. The van der Waals surface area contributed by atoms with Crippen molar-refractivity contribution in [3.8, 4) is 5.75 Å². The number of aryl methyl sites for hydroxylation is 1. The monoisotopic (exact) mass is 469 g/mol. The molecule has 0 spiro atoms. The second kappa shape index (κ2) is 10.1. The summed E-state index contributed by atoms with van der Waals surface area (Å²) in [6, 6.07) is 17.0. The number of nitrogens with zero attached hydrogens (tertiary/aromatic N) is 1. The van der Waals surface area contributed by atoms with Crippen molar-refractivity contribution in [2.24, 2.45) is 0 Å². The molecule has 9 nitrogen and oxygen atoms in total. The molecule has 0 heterocycles. The minimum atomic E-state index is -4.15. The number of hydrogen-bond acceptors (Lipinski definition) is 6. The van der Waals surface area contributed by atoms with Crippen molar-refractivity contribution in [2.45, 2.75) is 18.2 Å². The van der Waals surface area contributed by atoms with Crippen LogP contribution in [-0.4, -0.2) is 32.9 Å². The predicted octanol–water partition coefficient (Wildman–Crippen LogP) is 3.69. The Hall–Kier alpha value is -3.92. The number of sulfonamides is 1. The van der Waals surface area contributed by atoms with Crippen molar-refractivity contribution in [2.75, 3.05) is 18.4 Å². The fourth-order valence-corrected chi connectivity index (χ4v) is 4.31. The van der Waals surface area contributed by atoms with E-state index in [1.807, 2.05) is 31.2 Å². The van der Waals surface area contributed by atoms with Crippen LogP contribution < -0.4 is 14.8 Å². The second-order valence-corrected chi connectivity index (χ2v) is 8.89. The van der Waals surface area contributed by atoms with E-state index in [-0.39, 0.29) is 27.6 Å². The lowest BCUT2D eigenvalue weighted by atomic mass is 10.1. The summed E-state index contributed by atoms with van der Waals surface area (Å²) >= 11 is 0. The van der Waals surface area contributed by atoms with Gasteiger partial charge in [-0.2, -0.15) is 0 Å². The molecule has 10 heteroatoms. The third kappa shape index (κ3) is 5.86. The van der Waals surface area contributed by atoms with Crippen LogP contribution in [0.25, 0.3) is 0 Å². The zero-order valence-electron chi connectivity index (χ0n) is 18.1. The van der Waals surface area contributed by atoms with Gasteiger partial charge in [0.1, 0.15) is 5.75 Å². The molecule has 0 aliphatic carbocycles. The van der Waals surface area contributed by atoms with Gasteiger partial charge in [0, 0.05) is 24.2 Å². The average Bonchev–Trinajstić information content (AvgIpc) is 2.80. The Morgan fingerprint density at radius 1 is 1.06 bits per heavy atom. The molecule has 1 amide bonds. The number of carbonyl (C=O) groups excluding carboxylic acids is 1. The Morgan fingerprint density at radius 2 is 1.82 bits per heavy atom. The molecular weight excluding hydrogens is 446 g/mol. The van der Waals surface area contributed by atoms with Crippen LogP contribution in [0.2, 0.25) is 0 Å². The predicted molar refractivity (Wildman–Crippen MR) is 124 cm³/mol. The first kappa shape index (κ1) is 23.7. The molecule has 0 atom stereocenters. The van der Waals surface area contributed by atoms with Crippen LogP contribution in [0.3, 0.4) is 0 Å². The maximum absolute atomic E-state index is 12.9. The average molecular weight is 470 g/mol. The third-order valence-corrected chi connectivity index (χ3v) is 6.35. The molecule has 0 radical (unpaired) electrons. The van der Waals surface area contributed by atoms with Gasteiger partial charge in [-0.05, 0) is 48.7 Å². The number of methoxy groups -OCH3 is 1. The largest absolute Gasteiger partial charge is 0.495 e. The summed E-state index contributed by atoms with van der Waals surface area (Å²) in [6.45, 7) is 2.39. The number of carbonyl (C=O) groups is 1. The molecule has 0 aliphatic heterocycles. The van der Waals surface area contributed by atoms with E-state index in [4.69, 9.17) is 4.74 Å². The van der Waals surface area contributed by atoms with Gasteiger partial charge in [-0.15, -0.1) is 0 Å². The first-order valence-corrected chi connectivity index (χ1v) is 11.5. The summed E-state index contributed by atoms with van der Waals surface area (Å²) in [4.78, 5) is 22.8. The third-order valence-electron chi connectivity index (χ3n) is 4.99. The lowest BCUT2D eigenvalue weighted by Crippen LogP contribution is -2.26. The van der Waals surface area contributed by atoms with E-state index >= 15 is 0 Å². The van der Waals surface area contributed by atoms with Crippen molar-refractivity contribution in [3.05, 3.63) is 93.5 Å². The Bertz CT molecular complexity index is 1290. The van der Waals surface area contributed by atoms with Gasteiger partial charge in [-0.1, -0.05) is 30.3 Å². The van der Waals surface area contributed by atoms with Gasteiger partial charge in [0.25, 0.3) is 21.6 Å². The summed E-state index contributed by atoms with van der Waals surface area (Å²) in [5.41, 5.74) is 2.04. The highest BCUT2D eigenvalue weighted by Crippen LogP contribution is 2.31. The first-order valence-electron chi connectivity index (χ1n) is 9.99. The Labute approximate surface area is 191 Å². The van der Waals surface area contributed by atoms with Crippen LogP contribution in [0.4, 0.5) is 11.4 Å². The highest BCUT2D eigenvalue weighted by molar-refractivity contribution is 7.92. The van der Waals surface area contributed by atoms with Crippen molar-refractivity contribution in [1.82, 2.24) is 5.32 Å². The van der Waals surface area contributed by atoms with Crippen molar-refractivity contribution >= 4 is 27.3 Å². The van der Waals surface area contributed by atoms with Crippen molar-refractivity contribution < 1.29 is 22.9 Å². The Balaban J connectivity index is 1.75. The van der Waals surface area contributed by atoms with Gasteiger partial charge >= 0.3 is 0 Å². The quantitative estimate of drug-likeness (QED) is 0.363. The number of nitro benzene ring substituents is 1. The topological polar surface area (TPSA) is 128 Å². The molecule has 2 N–H and O–H groups in total. The number of nitro groups is 1. The normalized spacial score (nSPS) is 11.0. The molecule has 3 rings (SSSR count). The molecule has 172 valence electrons. The molecule has 3 aromatic rings. The Kier molecular flexibility index (Phi) is 7.29. The zero-order valence-corrected chi connectivity index (χ0v) is 18.9. The smallest absolute Gasteiger partial charge is 0.271 e. The summed E-state index contributed by atoms with van der Waals surface area (Å²) in [5, 5.41) is 13.8. The number of rotatable bonds is 9. The molecule has 0 bridgehead atoms. The maximum atomic E-state index is 12.9. The number of hydrogen-bond donors (Lipinski definition) is 2. The van der Waals surface area contributed by atoms with Gasteiger partial charge in [0.05, 0.1) is 22.6 Å². The van der Waals surface area contributed by atoms with E-state index in [1.165, 1.54) is 43.5 Å². The molecule has 3 aromatic carbocycles. The summed E-state index contributed by atoms with van der Waals surface area (Å²) < 4.78 is 33.2. The van der Waals surface area contributed by atoms with Crippen LogP contribution in [-0.2, 0) is 16.4 Å². The molecule has 0 unspecified atom stereocenters. The van der Waals surface area contributed by atoms with Crippen LogP contribution >= 0.6 is 0 Å². The van der Waals surface area contributed by atoms with Gasteiger partial charge in [-0.3, -0.25) is 19.6 Å². The van der Waals surface area contributed by atoms with Gasteiger partial charge < -0.3 is 10.1 Å². The van der Waals surface area contributed by atoms with E-state index in [0.717, 1.165) is 17.2 Å². The summed E-state index contributed by atoms with van der Waals surface area (Å²) in [7, 11) is -2.83.